The molecule has 1 aliphatic rings. The molecule has 1 aromatic rings. The molecule has 0 atom stereocenters. The first kappa shape index (κ1) is 11.5. The van der Waals surface area contributed by atoms with Gasteiger partial charge in [-0.2, -0.15) is 5.26 Å². The van der Waals surface area contributed by atoms with E-state index in [-0.39, 0.29) is 5.41 Å². The highest BCUT2D eigenvalue weighted by Crippen LogP contribution is 2.39. The molecule has 84 valence electrons. The van der Waals surface area contributed by atoms with Crippen molar-refractivity contribution in [3.05, 3.63) is 34.9 Å². The van der Waals surface area contributed by atoms with Crippen LogP contribution in [0.5, 0.6) is 0 Å². The van der Waals surface area contributed by atoms with E-state index in [1.807, 2.05) is 24.3 Å². The average Bonchev–Trinajstić information content (AvgIpc) is 2.33. The largest absolute Gasteiger partial charge is 0.198 e. The third-order valence-electron chi connectivity index (χ3n) is 3.53. The van der Waals surface area contributed by atoms with Crippen LogP contribution in [-0.4, -0.2) is 0 Å². The SMILES string of the molecule is N#CC1(Cc2ccccc2Cl)CCCCC1. The van der Waals surface area contributed by atoms with Crippen LogP contribution in [0.2, 0.25) is 5.02 Å². The van der Waals surface area contributed by atoms with E-state index in [1.54, 1.807) is 0 Å². The van der Waals surface area contributed by atoms with Crippen molar-refractivity contribution in [3.63, 3.8) is 0 Å². The summed E-state index contributed by atoms with van der Waals surface area (Å²) < 4.78 is 0. The van der Waals surface area contributed by atoms with Crippen molar-refractivity contribution in [1.82, 2.24) is 0 Å². The van der Waals surface area contributed by atoms with Gasteiger partial charge in [0.1, 0.15) is 0 Å². The average molecular weight is 234 g/mol. The maximum atomic E-state index is 9.40. The minimum absolute atomic E-state index is 0.163. The summed E-state index contributed by atoms with van der Waals surface area (Å²) in [7, 11) is 0. The lowest BCUT2D eigenvalue weighted by molar-refractivity contribution is 0.266. The second-order valence-corrected chi connectivity index (χ2v) is 5.13. The molecule has 0 saturated heterocycles. The van der Waals surface area contributed by atoms with Gasteiger partial charge < -0.3 is 0 Å². The molecule has 16 heavy (non-hydrogen) atoms. The molecular formula is C14H16ClN. The van der Waals surface area contributed by atoms with Gasteiger partial charge in [0.15, 0.2) is 0 Å². The van der Waals surface area contributed by atoms with Crippen LogP contribution in [0.25, 0.3) is 0 Å². The third-order valence-corrected chi connectivity index (χ3v) is 3.90. The molecule has 0 radical (unpaired) electrons. The first-order valence-electron chi connectivity index (χ1n) is 5.90. The van der Waals surface area contributed by atoms with Crippen molar-refractivity contribution in [2.24, 2.45) is 5.41 Å². The molecule has 1 fully saturated rings. The number of nitriles is 1. The van der Waals surface area contributed by atoms with Crippen LogP contribution in [-0.2, 0) is 6.42 Å². The first-order chi connectivity index (χ1) is 7.76. The molecule has 0 amide bonds. The summed E-state index contributed by atoms with van der Waals surface area (Å²) >= 11 is 6.15. The lowest BCUT2D eigenvalue weighted by atomic mass is 9.71. The highest BCUT2D eigenvalue weighted by Gasteiger charge is 2.32. The fraction of sp³-hybridized carbons (Fsp3) is 0.500. The zero-order valence-electron chi connectivity index (χ0n) is 9.38. The van der Waals surface area contributed by atoms with Crippen LogP contribution in [0.3, 0.4) is 0 Å². The van der Waals surface area contributed by atoms with Gasteiger partial charge in [-0.25, -0.2) is 0 Å². The molecule has 2 rings (SSSR count). The van der Waals surface area contributed by atoms with Crippen LogP contribution in [0.4, 0.5) is 0 Å². The monoisotopic (exact) mass is 233 g/mol. The Balaban J connectivity index is 2.19. The molecule has 0 spiro atoms. The molecule has 0 aromatic heterocycles. The summed E-state index contributed by atoms with van der Waals surface area (Å²) in [4.78, 5) is 0. The predicted molar refractivity (Wildman–Crippen MR) is 66.3 cm³/mol. The smallest absolute Gasteiger partial charge is 0.0693 e. The predicted octanol–water partition coefficient (Wildman–Crippen LogP) is 4.36. The lowest BCUT2D eigenvalue weighted by Gasteiger charge is -2.30. The summed E-state index contributed by atoms with van der Waals surface area (Å²) in [5.41, 5.74) is 0.955. The van der Waals surface area contributed by atoms with Crippen molar-refractivity contribution in [2.75, 3.05) is 0 Å². The van der Waals surface area contributed by atoms with Crippen LogP contribution in [0.15, 0.2) is 24.3 Å². The summed E-state index contributed by atoms with van der Waals surface area (Å²) in [5, 5.41) is 10.2. The van der Waals surface area contributed by atoms with E-state index < -0.39 is 0 Å². The van der Waals surface area contributed by atoms with Gasteiger partial charge in [-0.15, -0.1) is 0 Å². The molecule has 0 N–H and O–H groups in total. The van der Waals surface area contributed by atoms with E-state index in [2.05, 4.69) is 6.07 Å². The van der Waals surface area contributed by atoms with E-state index in [4.69, 9.17) is 11.6 Å². The number of nitrogens with zero attached hydrogens (tertiary/aromatic N) is 1. The van der Waals surface area contributed by atoms with Crippen LogP contribution in [0, 0.1) is 16.7 Å². The molecule has 0 heterocycles. The Morgan fingerprint density at radius 3 is 2.50 bits per heavy atom. The van der Waals surface area contributed by atoms with E-state index in [9.17, 15) is 5.26 Å². The summed E-state index contributed by atoms with van der Waals surface area (Å²) in [6, 6.07) is 10.4. The number of rotatable bonds is 2. The first-order valence-corrected chi connectivity index (χ1v) is 6.28. The topological polar surface area (TPSA) is 23.8 Å². The Hall–Kier alpha value is -1.00. The van der Waals surface area contributed by atoms with E-state index in [0.29, 0.717) is 0 Å². The van der Waals surface area contributed by atoms with Crippen molar-refractivity contribution in [1.29, 1.82) is 5.26 Å². The number of hydrogen-bond acceptors (Lipinski definition) is 1. The van der Waals surface area contributed by atoms with Gasteiger partial charge >= 0.3 is 0 Å². The van der Waals surface area contributed by atoms with Crippen molar-refractivity contribution >= 4 is 11.6 Å². The maximum Gasteiger partial charge on any atom is 0.0693 e. The standard InChI is InChI=1S/C14H16ClN/c15-13-7-3-2-6-12(13)10-14(11-16)8-4-1-5-9-14/h2-3,6-7H,1,4-5,8-10H2. The van der Waals surface area contributed by atoms with E-state index in [0.717, 1.165) is 29.8 Å². The molecular weight excluding hydrogens is 218 g/mol. The highest BCUT2D eigenvalue weighted by atomic mass is 35.5. The number of halogens is 1. The van der Waals surface area contributed by atoms with Gasteiger partial charge in [-0.1, -0.05) is 49.1 Å². The number of benzene rings is 1. The quantitative estimate of drug-likeness (QED) is 0.745. The zero-order valence-corrected chi connectivity index (χ0v) is 10.1. The van der Waals surface area contributed by atoms with Crippen LogP contribution in [0.1, 0.15) is 37.7 Å². The van der Waals surface area contributed by atoms with E-state index in [1.165, 1.54) is 19.3 Å². The Morgan fingerprint density at radius 2 is 1.88 bits per heavy atom. The molecule has 1 saturated carbocycles. The van der Waals surface area contributed by atoms with Crippen LogP contribution >= 0.6 is 11.6 Å². The third kappa shape index (κ3) is 2.39. The van der Waals surface area contributed by atoms with Gasteiger partial charge in [0.05, 0.1) is 11.5 Å². The second kappa shape index (κ2) is 4.89. The summed E-state index contributed by atoms with van der Waals surface area (Å²) in [5.74, 6) is 0. The van der Waals surface area contributed by atoms with Crippen molar-refractivity contribution < 1.29 is 0 Å². The lowest BCUT2D eigenvalue weighted by Crippen LogP contribution is -2.24. The minimum atomic E-state index is -0.163. The normalized spacial score (nSPS) is 19.0. The Bertz CT molecular complexity index is 399. The van der Waals surface area contributed by atoms with Crippen molar-refractivity contribution in [2.45, 2.75) is 38.5 Å². The minimum Gasteiger partial charge on any atom is -0.198 e. The van der Waals surface area contributed by atoms with Gasteiger partial charge in [-0.05, 0) is 30.9 Å². The molecule has 2 heteroatoms. The van der Waals surface area contributed by atoms with E-state index >= 15 is 0 Å². The zero-order chi connectivity index (χ0) is 11.4. The van der Waals surface area contributed by atoms with Gasteiger partial charge in [0.2, 0.25) is 0 Å². The Morgan fingerprint density at radius 1 is 1.19 bits per heavy atom. The fourth-order valence-electron chi connectivity index (χ4n) is 2.56. The summed E-state index contributed by atoms with van der Waals surface area (Å²) in [6.45, 7) is 0. The van der Waals surface area contributed by atoms with Gasteiger partial charge in [0.25, 0.3) is 0 Å². The van der Waals surface area contributed by atoms with Crippen molar-refractivity contribution in [3.8, 4) is 6.07 Å². The Labute approximate surface area is 102 Å². The molecule has 0 aliphatic heterocycles. The fourth-order valence-corrected chi connectivity index (χ4v) is 2.77. The number of hydrogen-bond donors (Lipinski definition) is 0. The maximum absolute atomic E-state index is 9.40. The van der Waals surface area contributed by atoms with Gasteiger partial charge in [0, 0.05) is 5.02 Å². The second-order valence-electron chi connectivity index (χ2n) is 4.72. The van der Waals surface area contributed by atoms with Crippen LogP contribution < -0.4 is 0 Å². The summed E-state index contributed by atoms with van der Waals surface area (Å²) in [6.07, 6.45) is 6.48. The highest BCUT2D eigenvalue weighted by molar-refractivity contribution is 6.31. The molecule has 1 nitrogen and oxygen atoms in total. The molecule has 0 bridgehead atoms. The van der Waals surface area contributed by atoms with Gasteiger partial charge in [-0.3, -0.25) is 0 Å². The molecule has 0 unspecified atom stereocenters. The molecule has 1 aliphatic carbocycles. The molecule has 1 aromatic carbocycles. The Kier molecular flexibility index (Phi) is 3.51.